The zero-order chi connectivity index (χ0) is 14.4. The number of ether oxygens (including phenoxy) is 1. The minimum atomic E-state index is -0.837. The van der Waals surface area contributed by atoms with Crippen molar-refractivity contribution < 1.29 is 19.6 Å². The van der Waals surface area contributed by atoms with Gasteiger partial charge in [-0.1, -0.05) is 39.5 Å². The van der Waals surface area contributed by atoms with E-state index in [2.05, 4.69) is 13.8 Å². The molecule has 1 heterocycles. The SMILES string of the molecule is CCCCC1(CCCC)C[C@@H](CO)[C@@](C)(OC)OO1. The maximum absolute atomic E-state index is 9.63. The Morgan fingerprint density at radius 3 is 2.16 bits per heavy atom. The van der Waals surface area contributed by atoms with Gasteiger partial charge in [0.1, 0.15) is 5.60 Å². The molecule has 0 aliphatic carbocycles. The van der Waals surface area contributed by atoms with Gasteiger partial charge in [-0.25, -0.2) is 9.78 Å². The molecule has 0 bridgehead atoms. The van der Waals surface area contributed by atoms with Gasteiger partial charge in [0.05, 0.1) is 6.61 Å². The van der Waals surface area contributed by atoms with E-state index in [9.17, 15) is 5.11 Å². The molecule has 0 amide bonds. The average molecular weight is 274 g/mol. The van der Waals surface area contributed by atoms with Gasteiger partial charge in [-0.3, -0.25) is 0 Å². The van der Waals surface area contributed by atoms with Crippen LogP contribution in [0.15, 0.2) is 0 Å². The van der Waals surface area contributed by atoms with Crippen LogP contribution >= 0.6 is 0 Å². The third-order valence-corrected chi connectivity index (χ3v) is 4.34. The van der Waals surface area contributed by atoms with Gasteiger partial charge < -0.3 is 9.84 Å². The molecular formula is C15H30O4. The molecule has 4 nitrogen and oxygen atoms in total. The van der Waals surface area contributed by atoms with Crippen LogP contribution in [0.1, 0.15) is 65.7 Å². The molecule has 1 N–H and O–H groups in total. The zero-order valence-electron chi connectivity index (χ0n) is 12.9. The predicted molar refractivity (Wildman–Crippen MR) is 74.6 cm³/mol. The molecule has 0 spiro atoms. The van der Waals surface area contributed by atoms with Crippen molar-refractivity contribution in [2.75, 3.05) is 13.7 Å². The van der Waals surface area contributed by atoms with Gasteiger partial charge >= 0.3 is 0 Å². The first-order valence-electron chi connectivity index (χ1n) is 7.58. The second-order valence-corrected chi connectivity index (χ2v) is 5.86. The summed E-state index contributed by atoms with van der Waals surface area (Å²) in [6.07, 6.45) is 7.29. The molecule has 114 valence electrons. The second-order valence-electron chi connectivity index (χ2n) is 5.86. The third-order valence-electron chi connectivity index (χ3n) is 4.34. The summed E-state index contributed by atoms with van der Waals surface area (Å²) in [4.78, 5) is 11.3. The molecule has 0 unspecified atom stereocenters. The molecule has 0 radical (unpaired) electrons. The minimum absolute atomic E-state index is 0.0417. The first-order chi connectivity index (χ1) is 9.05. The van der Waals surface area contributed by atoms with Gasteiger partial charge in [0, 0.05) is 13.0 Å². The van der Waals surface area contributed by atoms with Crippen LogP contribution in [0.2, 0.25) is 0 Å². The Morgan fingerprint density at radius 1 is 1.16 bits per heavy atom. The van der Waals surface area contributed by atoms with Gasteiger partial charge in [0.2, 0.25) is 5.79 Å². The van der Waals surface area contributed by atoms with Crippen molar-refractivity contribution in [3.63, 3.8) is 0 Å². The fourth-order valence-corrected chi connectivity index (χ4v) is 2.75. The van der Waals surface area contributed by atoms with Crippen molar-refractivity contribution in [3.05, 3.63) is 0 Å². The van der Waals surface area contributed by atoms with Crippen LogP contribution in [0, 0.1) is 5.92 Å². The Balaban J connectivity index is 2.76. The predicted octanol–water partition coefficient (Wildman–Crippen LogP) is 3.43. The van der Waals surface area contributed by atoms with Crippen molar-refractivity contribution in [2.24, 2.45) is 5.92 Å². The summed E-state index contributed by atoms with van der Waals surface area (Å²) in [7, 11) is 1.59. The van der Waals surface area contributed by atoms with E-state index in [-0.39, 0.29) is 18.1 Å². The number of aliphatic hydroxyl groups excluding tert-OH is 1. The quantitative estimate of drug-likeness (QED) is 0.689. The van der Waals surface area contributed by atoms with Crippen molar-refractivity contribution in [3.8, 4) is 0 Å². The van der Waals surface area contributed by atoms with E-state index in [0.29, 0.717) is 0 Å². The van der Waals surface area contributed by atoms with Crippen LogP contribution in [0.5, 0.6) is 0 Å². The van der Waals surface area contributed by atoms with Crippen molar-refractivity contribution in [1.29, 1.82) is 0 Å². The summed E-state index contributed by atoms with van der Waals surface area (Å²) in [6.45, 7) is 6.26. The average Bonchev–Trinajstić information content (AvgIpc) is 2.45. The summed E-state index contributed by atoms with van der Waals surface area (Å²) in [5.74, 6) is -0.878. The molecule has 1 fully saturated rings. The molecule has 0 saturated carbocycles. The van der Waals surface area contributed by atoms with Crippen LogP contribution in [0.25, 0.3) is 0 Å². The Kier molecular flexibility index (Phi) is 6.74. The molecule has 1 rings (SSSR count). The Labute approximate surface area is 117 Å². The van der Waals surface area contributed by atoms with Crippen LogP contribution in [0.3, 0.4) is 0 Å². The maximum atomic E-state index is 9.63. The lowest BCUT2D eigenvalue weighted by molar-refractivity contribution is -0.502. The standard InChI is InChI=1S/C15H30O4/c1-5-7-9-15(10-8-6-2)11-13(12-16)14(3,17-4)18-19-15/h13,16H,5-12H2,1-4H3/t13-,14-/m0/s1. The van der Waals surface area contributed by atoms with Crippen molar-refractivity contribution in [2.45, 2.75) is 77.1 Å². The van der Waals surface area contributed by atoms with E-state index in [0.717, 1.165) is 44.9 Å². The number of methoxy groups -OCH3 is 1. The number of unbranched alkanes of at least 4 members (excludes halogenated alkanes) is 2. The largest absolute Gasteiger partial charge is 0.396 e. The normalized spacial score (nSPS) is 30.5. The molecule has 19 heavy (non-hydrogen) atoms. The summed E-state index contributed by atoms with van der Waals surface area (Å²) >= 11 is 0. The highest BCUT2D eigenvalue weighted by atomic mass is 17.2. The number of aliphatic hydroxyl groups is 1. The molecule has 4 heteroatoms. The van der Waals surface area contributed by atoms with Crippen LogP contribution in [-0.2, 0) is 14.5 Å². The highest BCUT2D eigenvalue weighted by Gasteiger charge is 2.49. The topological polar surface area (TPSA) is 47.9 Å². The van der Waals surface area contributed by atoms with E-state index in [1.54, 1.807) is 7.11 Å². The highest BCUT2D eigenvalue weighted by Crippen LogP contribution is 2.43. The summed E-state index contributed by atoms with van der Waals surface area (Å²) in [6, 6.07) is 0. The molecule has 0 aromatic rings. The summed E-state index contributed by atoms with van der Waals surface area (Å²) in [5, 5.41) is 9.63. The second kappa shape index (κ2) is 7.58. The van der Waals surface area contributed by atoms with Crippen molar-refractivity contribution >= 4 is 0 Å². The monoisotopic (exact) mass is 274 g/mol. The molecule has 1 aliphatic heterocycles. The number of hydrogen-bond donors (Lipinski definition) is 1. The highest BCUT2D eigenvalue weighted by molar-refractivity contribution is 4.90. The van der Waals surface area contributed by atoms with Crippen LogP contribution < -0.4 is 0 Å². The lowest BCUT2D eigenvalue weighted by Crippen LogP contribution is -2.53. The summed E-state index contributed by atoms with van der Waals surface area (Å²) in [5.41, 5.74) is -0.253. The number of rotatable bonds is 8. The van der Waals surface area contributed by atoms with Gasteiger partial charge in [-0.15, -0.1) is 0 Å². The maximum Gasteiger partial charge on any atom is 0.203 e. The van der Waals surface area contributed by atoms with E-state index < -0.39 is 5.79 Å². The fraction of sp³-hybridized carbons (Fsp3) is 1.00. The van der Waals surface area contributed by atoms with Gasteiger partial charge in [-0.05, 0) is 26.2 Å². The van der Waals surface area contributed by atoms with Crippen LogP contribution in [0.4, 0.5) is 0 Å². The van der Waals surface area contributed by atoms with E-state index in [4.69, 9.17) is 14.5 Å². The summed E-state index contributed by atoms with van der Waals surface area (Å²) < 4.78 is 5.38. The van der Waals surface area contributed by atoms with Gasteiger partial charge in [-0.2, -0.15) is 0 Å². The van der Waals surface area contributed by atoms with E-state index >= 15 is 0 Å². The van der Waals surface area contributed by atoms with Gasteiger partial charge in [0.25, 0.3) is 0 Å². The van der Waals surface area contributed by atoms with E-state index in [1.807, 2.05) is 6.92 Å². The molecule has 1 aliphatic rings. The minimum Gasteiger partial charge on any atom is -0.396 e. The molecular weight excluding hydrogens is 244 g/mol. The fourth-order valence-electron chi connectivity index (χ4n) is 2.75. The van der Waals surface area contributed by atoms with Gasteiger partial charge in [0.15, 0.2) is 0 Å². The first-order valence-corrected chi connectivity index (χ1v) is 7.58. The lowest BCUT2D eigenvalue weighted by atomic mass is 9.79. The molecule has 0 aromatic carbocycles. The van der Waals surface area contributed by atoms with Crippen LogP contribution in [-0.4, -0.2) is 30.2 Å². The Bertz CT molecular complexity index is 249. The molecule has 1 saturated heterocycles. The third kappa shape index (κ3) is 4.15. The Morgan fingerprint density at radius 2 is 1.74 bits per heavy atom. The zero-order valence-corrected chi connectivity index (χ0v) is 12.9. The molecule has 2 atom stereocenters. The lowest BCUT2D eigenvalue weighted by Gasteiger charge is -2.47. The Hall–Kier alpha value is -0.160. The smallest absolute Gasteiger partial charge is 0.203 e. The molecule has 0 aromatic heterocycles. The number of hydrogen-bond acceptors (Lipinski definition) is 4. The van der Waals surface area contributed by atoms with E-state index in [1.165, 1.54) is 0 Å². The first kappa shape index (κ1) is 16.9. The van der Waals surface area contributed by atoms with Crippen molar-refractivity contribution in [1.82, 2.24) is 0 Å².